The number of aliphatic hydroxyl groups is 1. The van der Waals surface area contributed by atoms with E-state index in [0.29, 0.717) is 0 Å². The van der Waals surface area contributed by atoms with Gasteiger partial charge in [-0.25, -0.2) is 0 Å². The molecule has 1 heterocycles. The third-order valence-corrected chi connectivity index (χ3v) is 2.27. The molecule has 0 saturated carbocycles. The zero-order valence-electron chi connectivity index (χ0n) is 6.72. The van der Waals surface area contributed by atoms with Crippen LogP contribution in [0.2, 0.25) is 0 Å². The molecule has 0 radical (unpaired) electrons. The fourth-order valence-corrected chi connectivity index (χ4v) is 1.61. The van der Waals surface area contributed by atoms with E-state index in [0.717, 1.165) is 5.01 Å². The van der Waals surface area contributed by atoms with E-state index >= 15 is 0 Å². The molecule has 3 nitrogen and oxygen atoms in total. The van der Waals surface area contributed by atoms with Gasteiger partial charge in [0.2, 0.25) is 0 Å². The van der Waals surface area contributed by atoms with Crippen LogP contribution >= 0.6 is 11.6 Å². The van der Waals surface area contributed by atoms with E-state index in [9.17, 15) is 13.2 Å². The number of hydrogen-bond donors (Lipinski definition) is 1. The summed E-state index contributed by atoms with van der Waals surface area (Å²) in [6.07, 6.45) is -4.43. The van der Waals surface area contributed by atoms with Crippen LogP contribution in [-0.2, 0) is 0 Å². The SMILES string of the molecule is CN1N=C(CO)C(Cl)C1C(F)(F)F. The van der Waals surface area contributed by atoms with Gasteiger partial charge in [0.15, 0.2) is 6.04 Å². The van der Waals surface area contributed by atoms with Crippen molar-refractivity contribution < 1.29 is 18.3 Å². The van der Waals surface area contributed by atoms with Gasteiger partial charge in [-0.05, 0) is 0 Å². The minimum atomic E-state index is -4.43. The third-order valence-electron chi connectivity index (χ3n) is 1.78. The van der Waals surface area contributed by atoms with E-state index in [1.807, 2.05) is 0 Å². The lowest BCUT2D eigenvalue weighted by Crippen LogP contribution is -2.45. The van der Waals surface area contributed by atoms with Gasteiger partial charge in [-0.3, -0.25) is 5.01 Å². The molecule has 1 rings (SSSR count). The quantitative estimate of drug-likeness (QED) is 0.659. The molecule has 76 valence electrons. The van der Waals surface area contributed by atoms with Crippen LogP contribution in [0.25, 0.3) is 0 Å². The molecule has 0 fully saturated rings. The predicted octanol–water partition coefficient (Wildman–Crippen LogP) is 0.818. The number of hydrazone groups is 1. The first-order chi connectivity index (χ1) is 5.88. The van der Waals surface area contributed by atoms with Gasteiger partial charge in [-0.1, -0.05) is 0 Å². The third kappa shape index (κ3) is 1.88. The van der Waals surface area contributed by atoms with Gasteiger partial charge in [0.1, 0.15) is 5.38 Å². The second kappa shape index (κ2) is 3.34. The molecule has 2 atom stereocenters. The van der Waals surface area contributed by atoms with Crippen LogP contribution in [0, 0.1) is 0 Å². The molecule has 0 aromatic rings. The van der Waals surface area contributed by atoms with Crippen LogP contribution in [0.3, 0.4) is 0 Å². The lowest BCUT2D eigenvalue weighted by atomic mass is 10.1. The van der Waals surface area contributed by atoms with Crippen molar-refractivity contribution in [3.8, 4) is 0 Å². The second-order valence-corrected chi connectivity index (χ2v) is 3.18. The smallest absolute Gasteiger partial charge is 0.390 e. The lowest BCUT2D eigenvalue weighted by molar-refractivity contribution is -0.173. The fraction of sp³-hybridized carbons (Fsp3) is 0.833. The Kier molecular flexibility index (Phi) is 2.72. The first kappa shape index (κ1) is 10.6. The topological polar surface area (TPSA) is 35.8 Å². The van der Waals surface area contributed by atoms with Crippen molar-refractivity contribution in [1.82, 2.24) is 5.01 Å². The summed E-state index contributed by atoms with van der Waals surface area (Å²) >= 11 is 5.47. The Hall–Kier alpha value is -0.490. The second-order valence-electron chi connectivity index (χ2n) is 2.71. The summed E-state index contributed by atoms with van der Waals surface area (Å²) in [5, 5.41) is 11.5. The van der Waals surface area contributed by atoms with Crippen LogP contribution in [0.4, 0.5) is 13.2 Å². The number of aliphatic hydroxyl groups excluding tert-OH is 1. The number of nitrogens with zero attached hydrogens (tertiary/aromatic N) is 2. The largest absolute Gasteiger partial charge is 0.412 e. The van der Waals surface area contributed by atoms with Gasteiger partial charge in [-0.15, -0.1) is 11.6 Å². The molecular formula is C6H8ClF3N2O. The summed E-state index contributed by atoms with van der Waals surface area (Å²) in [4.78, 5) is 0. The Bertz CT molecular complexity index is 230. The summed E-state index contributed by atoms with van der Waals surface area (Å²) < 4.78 is 36.9. The maximum Gasteiger partial charge on any atom is 0.412 e. The predicted molar refractivity (Wildman–Crippen MR) is 41.8 cm³/mol. The number of halogens is 4. The van der Waals surface area contributed by atoms with Crippen molar-refractivity contribution in [3.05, 3.63) is 0 Å². The molecule has 13 heavy (non-hydrogen) atoms. The molecule has 0 spiro atoms. The standard InChI is InChI=1S/C6H8ClF3N2O/c1-12-5(6(8,9)10)4(7)3(2-13)11-12/h4-5,13H,2H2,1H3. The molecule has 1 N–H and O–H groups in total. The maximum atomic E-state index is 12.3. The molecule has 0 saturated heterocycles. The zero-order chi connectivity index (χ0) is 10.2. The molecule has 0 amide bonds. The maximum absolute atomic E-state index is 12.3. The van der Waals surface area contributed by atoms with Crippen molar-refractivity contribution >= 4 is 17.3 Å². The van der Waals surface area contributed by atoms with E-state index in [-0.39, 0.29) is 5.71 Å². The minimum Gasteiger partial charge on any atom is -0.390 e. The molecule has 1 aliphatic rings. The Morgan fingerprint density at radius 2 is 2.15 bits per heavy atom. The number of hydrogen-bond acceptors (Lipinski definition) is 3. The summed E-state index contributed by atoms with van der Waals surface area (Å²) in [7, 11) is 1.18. The van der Waals surface area contributed by atoms with Gasteiger partial charge < -0.3 is 5.11 Å². The summed E-state index contributed by atoms with van der Waals surface area (Å²) in [5.41, 5.74) is -0.0495. The Morgan fingerprint density at radius 1 is 1.62 bits per heavy atom. The monoisotopic (exact) mass is 216 g/mol. The highest BCUT2D eigenvalue weighted by molar-refractivity contribution is 6.33. The van der Waals surface area contributed by atoms with E-state index in [2.05, 4.69) is 5.10 Å². The van der Waals surface area contributed by atoms with Crippen molar-refractivity contribution in [2.75, 3.05) is 13.7 Å². The normalized spacial score (nSPS) is 29.4. The molecule has 0 aliphatic carbocycles. The van der Waals surface area contributed by atoms with Crippen molar-refractivity contribution in [2.24, 2.45) is 5.10 Å². The summed E-state index contributed by atoms with van der Waals surface area (Å²) in [6.45, 7) is -0.551. The summed E-state index contributed by atoms with van der Waals surface area (Å²) in [6, 6.07) is -1.84. The minimum absolute atomic E-state index is 0.0495. The van der Waals surface area contributed by atoms with Gasteiger partial charge in [-0.2, -0.15) is 18.3 Å². The van der Waals surface area contributed by atoms with Gasteiger partial charge >= 0.3 is 6.18 Å². The number of rotatable bonds is 1. The van der Waals surface area contributed by atoms with Gasteiger partial charge in [0, 0.05) is 7.05 Å². The molecule has 0 aromatic carbocycles. The Labute approximate surface area is 77.8 Å². The van der Waals surface area contributed by atoms with Crippen LogP contribution < -0.4 is 0 Å². The molecule has 1 aliphatic heterocycles. The van der Waals surface area contributed by atoms with Crippen molar-refractivity contribution in [1.29, 1.82) is 0 Å². The highest BCUT2D eigenvalue weighted by Gasteiger charge is 2.51. The Morgan fingerprint density at radius 3 is 2.38 bits per heavy atom. The highest BCUT2D eigenvalue weighted by Crippen LogP contribution is 2.33. The van der Waals surface area contributed by atoms with Crippen LogP contribution in [0.1, 0.15) is 0 Å². The van der Waals surface area contributed by atoms with Crippen LogP contribution in [-0.4, -0.2) is 47.1 Å². The molecule has 0 bridgehead atoms. The Balaban J connectivity index is 2.83. The lowest BCUT2D eigenvalue weighted by Gasteiger charge is -2.23. The first-order valence-corrected chi connectivity index (χ1v) is 3.93. The van der Waals surface area contributed by atoms with E-state index in [4.69, 9.17) is 16.7 Å². The average Bonchev–Trinajstić information content (AvgIpc) is 2.24. The van der Waals surface area contributed by atoms with Crippen molar-refractivity contribution in [2.45, 2.75) is 17.6 Å². The highest BCUT2D eigenvalue weighted by atomic mass is 35.5. The first-order valence-electron chi connectivity index (χ1n) is 3.49. The van der Waals surface area contributed by atoms with Crippen LogP contribution in [0.15, 0.2) is 5.10 Å². The van der Waals surface area contributed by atoms with E-state index < -0.39 is 24.2 Å². The fourth-order valence-electron chi connectivity index (χ4n) is 1.19. The number of alkyl halides is 4. The average molecular weight is 217 g/mol. The molecule has 0 aromatic heterocycles. The summed E-state index contributed by atoms with van der Waals surface area (Å²) in [5.74, 6) is 0. The van der Waals surface area contributed by atoms with Crippen molar-refractivity contribution in [3.63, 3.8) is 0 Å². The molecular weight excluding hydrogens is 209 g/mol. The van der Waals surface area contributed by atoms with E-state index in [1.165, 1.54) is 7.05 Å². The van der Waals surface area contributed by atoms with E-state index in [1.54, 1.807) is 0 Å². The van der Waals surface area contributed by atoms with Gasteiger partial charge in [0.25, 0.3) is 0 Å². The molecule has 2 unspecified atom stereocenters. The molecule has 7 heteroatoms. The zero-order valence-corrected chi connectivity index (χ0v) is 7.47. The van der Waals surface area contributed by atoms with Crippen LogP contribution in [0.5, 0.6) is 0 Å². The van der Waals surface area contributed by atoms with Gasteiger partial charge in [0.05, 0.1) is 12.3 Å².